The molecule has 0 saturated carbocycles. The fourth-order valence-corrected chi connectivity index (χ4v) is 3.15. The van der Waals surface area contributed by atoms with Crippen LogP contribution in [0, 0.1) is 0 Å². The number of hydrogen-bond donors (Lipinski definition) is 2. The number of aromatic hydroxyl groups is 1. The van der Waals surface area contributed by atoms with Crippen molar-refractivity contribution in [2.75, 3.05) is 0 Å². The Labute approximate surface area is 163 Å². The first-order valence-electron chi connectivity index (χ1n) is 8.68. The van der Waals surface area contributed by atoms with Crippen molar-refractivity contribution in [2.24, 2.45) is 16.0 Å². The van der Waals surface area contributed by atoms with Gasteiger partial charge in [0.1, 0.15) is 11.3 Å². The summed E-state index contributed by atoms with van der Waals surface area (Å²) in [5.74, 6) is -0.439. The molecule has 3 aromatic carbocycles. The molecular weight excluding hydrogens is 370 g/mol. The Kier molecular flexibility index (Phi) is 3.66. The lowest BCUT2D eigenvalue weighted by Crippen LogP contribution is -2.10. The molecule has 0 spiro atoms. The number of aromatic nitrogens is 4. The van der Waals surface area contributed by atoms with Crippen molar-refractivity contribution in [3.63, 3.8) is 0 Å². The van der Waals surface area contributed by atoms with Gasteiger partial charge in [0.2, 0.25) is 0 Å². The second-order valence-corrected chi connectivity index (χ2v) is 6.37. The van der Waals surface area contributed by atoms with E-state index in [1.807, 2.05) is 34.7 Å². The number of nitrogens with zero attached hydrogens (tertiary/aromatic N) is 6. The van der Waals surface area contributed by atoms with Crippen LogP contribution in [0.15, 0.2) is 70.9 Å². The van der Waals surface area contributed by atoms with Gasteiger partial charge in [0, 0.05) is 0 Å². The largest absolute Gasteiger partial charge is 0.507 e. The summed E-state index contributed by atoms with van der Waals surface area (Å²) in [5.41, 5.74) is 9.44. The highest BCUT2D eigenvalue weighted by Crippen LogP contribution is 2.27. The average Bonchev–Trinajstić information content (AvgIpc) is 3.12. The summed E-state index contributed by atoms with van der Waals surface area (Å²) in [6, 6.07) is 17.4. The number of primary amides is 1. The topological polar surface area (TPSA) is 131 Å². The summed E-state index contributed by atoms with van der Waals surface area (Å²) in [7, 11) is 0. The molecule has 140 valence electrons. The minimum atomic E-state index is -0.738. The molecule has 0 radical (unpaired) electrons. The molecule has 0 unspecified atom stereocenters. The van der Waals surface area contributed by atoms with Crippen LogP contribution in [0.25, 0.3) is 27.8 Å². The standard InChI is InChI=1S/C20H13N7O2/c21-19(29)13-9-11(6-8-18(13)28)23-24-12-5-7-15-17(10-12)27-16-4-2-1-3-14(16)22-20(27)26-25-15/h1-10,28H,(H2,21,29)/b24-23+. The van der Waals surface area contributed by atoms with Gasteiger partial charge in [-0.25, -0.2) is 4.98 Å². The molecule has 0 aliphatic heterocycles. The van der Waals surface area contributed by atoms with Crippen LogP contribution >= 0.6 is 0 Å². The Morgan fingerprint density at radius 3 is 2.48 bits per heavy atom. The molecule has 1 amide bonds. The lowest BCUT2D eigenvalue weighted by molar-refractivity contribution is 0.0998. The summed E-state index contributed by atoms with van der Waals surface area (Å²) < 4.78 is 1.92. The van der Waals surface area contributed by atoms with E-state index in [0.29, 0.717) is 22.7 Å². The third-order valence-corrected chi connectivity index (χ3v) is 4.52. The maximum absolute atomic E-state index is 11.4. The summed E-state index contributed by atoms with van der Waals surface area (Å²) in [5, 5.41) is 26.5. The second kappa shape index (κ2) is 6.34. The zero-order valence-corrected chi connectivity index (χ0v) is 14.9. The summed E-state index contributed by atoms with van der Waals surface area (Å²) in [6.07, 6.45) is 0. The van der Waals surface area contributed by atoms with Gasteiger partial charge in [0.15, 0.2) is 0 Å². The number of phenols is 1. The minimum absolute atomic E-state index is 0.0122. The summed E-state index contributed by atoms with van der Waals surface area (Å²) in [4.78, 5) is 15.9. The van der Waals surface area contributed by atoms with Crippen molar-refractivity contribution in [1.29, 1.82) is 0 Å². The molecule has 0 fully saturated rings. The number of imidazole rings is 1. The summed E-state index contributed by atoms with van der Waals surface area (Å²) >= 11 is 0. The third-order valence-electron chi connectivity index (χ3n) is 4.52. The minimum Gasteiger partial charge on any atom is -0.507 e. The molecule has 5 aromatic rings. The van der Waals surface area contributed by atoms with E-state index in [1.54, 1.807) is 18.2 Å². The van der Waals surface area contributed by atoms with Crippen molar-refractivity contribution < 1.29 is 9.90 Å². The van der Waals surface area contributed by atoms with Crippen molar-refractivity contribution in [3.8, 4) is 5.75 Å². The number of benzene rings is 3. The van der Waals surface area contributed by atoms with E-state index in [2.05, 4.69) is 25.4 Å². The van der Waals surface area contributed by atoms with Crippen LogP contribution in [0.2, 0.25) is 0 Å². The Morgan fingerprint density at radius 2 is 1.66 bits per heavy atom. The number of amides is 1. The fraction of sp³-hybridized carbons (Fsp3) is 0. The first kappa shape index (κ1) is 16.8. The van der Waals surface area contributed by atoms with Gasteiger partial charge in [-0.05, 0) is 48.5 Å². The van der Waals surface area contributed by atoms with Gasteiger partial charge in [-0.3, -0.25) is 9.20 Å². The molecule has 9 nitrogen and oxygen atoms in total. The van der Waals surface area contributed by atoms with Gasteiger partial charge in [0.25, 0.3) is 11.7 Å². The van der Waals surface area contributed by atoms with Crippen molar-refractivity contribution >= 4 is 45.1 Å². The van der Waals surface area contributed by atoms with Crippen LogP contribution in [0.3, 0.4) is 0 Å². The Balaban J connectivity index is 1.63. The van der Waals surface area contributed by atoms with E-state index in [0.717, 1.165) is 16.6 Å². The molecule has 0 bridgehead atoms. The Morgan fingerprint density at radius 1 is 0.897 bits per heavy atom. The number of hydrogen-bond acceptors (Lipinski definition) is 7. The number of fused-ring (bicyclic) bond motifs is 5. The van der Waals surface area contributed by atoms with Gasteiger partial charge in [0.05, 0.1) is 33.5 Å². The molecule has 0 aliphatic rings. The quantitative estimate of drug-likeness (QED) is 0.459. The van der Waals surface area contributed by atoms with Crippen molar-refractivity contribution in [2.45, 2.75) is 0 Å². The molecule has 0 atom stereocenters. The number of carbonyl (C=O) groups is 1. The fourth-order valence-electron chi connectivity index (χ4n) is 3.15. The summed E-state index contributed by atoms with van der Waals surface area (Å²) in [6.45, 7) is 0. The van der Waals surface area contributed by atoms with Crippen LogP contribution < -0.4 is 5.73 Å². The molecular formula is C20H13N7O2. The number of rotatable bonds is 3. The zero-order chi connectivity index (χ0) is 20.0. The molecule has 2 heterocycles. The van der Waals surface area contributed by atoms with E-state index in [-0.39, 0.29) is 11.3 Å². The molecule has 3 N–H and O–H groups in total. The maximum atomic E-state index is 11.4. The van der Waals surface area contributed by atoms with Crippen LogP contribution in [-0.4, -0.2) is 30.6 Å². The van der Waals surface area contributed by atoms with Crippen LogP contribution in [0.5, 0.6) is 5.75 Å². The SMILES string of the molecule is NC(=O)c1cc(/N=N/c2ccc3nnc4nc5ccccc5n4c3c2)ccc1O. The monoisotopic (exact) mass is 383 g/mol. The first-order chi connectivity index (χ1) is 14.1. The van der Waals surface area contributed by atoms with Crippen LogP contribution in [0.4, 0.5) is 11.4 Å². The van der Waals surface area contributed by atoms with Crippen LogP contribution in [0.1, 0.15) is 10.4 Å². The molecule has 29 heavy (non-hydrogen) atoms. The normalized spacial score (nSPS) is 11.7. The first-order valence-corrected chi connectivity index (χ1v) is 8.68. The molecule has 9 heteroatoms. The number of azo groups is 1. The highest BCUT2D eigenvalue weighted by molar-refractivity contribution is 5.96. The zero-order valence-electron chi connectivity index (χ0n) is 14.9. The lowest BCUT2D eigenvalue weighted by atomic mass is 10.2. The van der Waals surface area contributed by atoms with Crippen molar-refractivity contribution in [1.82, 2.24) is 19.6 Å². The van der Waals surface area contributed by atoms with Crippen molar-refractivity contribution in [3.05, 3.63) is 66.2 Å². The second-order valence-electron chi connectivity index (χ2n) is 6.37. The molecule has 0 saturated heterocycles. The number of carbonyl (C=O) groups excluding carboxylic acids is 1. The molecule has 0 aliphatic carbocycles. The van der Waals surface area contributed by atoms with Gasteiger partial charge in [-0.1, -0.05) is 12.1 Å². The van der Waals surface area contributed by atoms with E-state index >= 15 is 0 Å². The number of nitrogens with two attached hydrogens (primary N) is 1. The number of para-hydroxylation sites is 2. The van der Waals surface area contributed by atoms with Gasteiger partial charge >= 0.3 is 0 Å². The van der Waals surface area contributed by atoms with Gasteiger partial charge in [-0.15, -0.1) is 10.2 Å². The van der Waals surface area contributed by atoms with Gasteiger partial charge in [-0.2, -0.15) is 10.2 Å². The smallest absolute Gasteiger partial charge is 0.255 e. The predicted molar refractivity (Wildman–Crippen MR) is 107 cm³/mol. The Bertz CT molecular complexity index is 1460. The van der Waals surface area contributed by atoms with Gasteiger partial charge < -0.3 is 10.8 Å². The average molecular weight is 383 g/mol. The third kappa shape index (κ3) is 2.81. The molecule has 2 aromatic heterocycles. The van der Waals surface area contributed by atoms with E-state index in [4.69, 9.17) is 5.73 Å². The van der Waals surface area contributed by atoms with E-state index in [1.165, 1.54) is 12.1 Å². The van der Waals surface area contributed by atoms with Crippen LogP contribution in [-0.2, 0) is 0 Å². The van der Waals surface area contributed by atoms with E-state index in [9.17, 15) is 9.90 Å². The highest BCUT2D eigenvalue weighted by atomic mass is 16.3. The maximum Gasteiger partial charge on any atom is 0.255 e. The molecule has 5 rings (SSSR count). The van der Waals surface area contributed by atoms with E-state index < -0.39 is 5.91 Å². The predicted octanol–water partition coefficient (Wildman–Crippen LogP) is 3.65. The Hall–Kier alpha value is -4.40. The lowest BCUT2D eigenvalue weighted by Gasteiger charge is -2.03. The highest BCUT2D eigenvalue weighted by Gasteiger charge is 2.11.